The molecular formula is C121H78N4. The van der Waals surface area contributed by atoms with Crippen molar-refractivity contribution < 1.29 is 0 Å². The monoisotopic (exact) mass is 1590 g/mol. The van der Waals surface area contributed by atoms with Crippen LogP contribution < -0.4 is 9.80 Å². The van der Waals surface area contributed by atoms with Gasteiger partial charge in [-0.25, -0.2) is 0 Å². The Morgan fingerprint density at radius 1 is 0.200 bits per heavy atom. The number of nitrogens with zero attached hydrogens (tertiary/aromatic N) is 4. The van der Waals surface area contributed by atoms with Crippen LogP contribution in [0.2, 0.25) is 0 Å². The molecule has 0 bridgehead atoms. The Morgan fingerprint density at radius 2 is 0.664 bits per heavy atom. The zero-order valence-corrected chi connectivity index (χ0v) is 68.4. The fraction of sp³-hybridized carbons (Fsp3) is 0.0248. The number of hydrogen-bond donors (Lipinski definition) is 0. The Kier molecular flexibility index (Phi) is 15.8. The van der Waals surface area contributed by atoms with Crippen molar-refractivity contribution in [3.05, 3.63) is 493 Å². The van der Waals surface area contributed by atoms with Crippen LogP contribution in [0, 0.1) is 0 Å². The molecule has 3 aliphatic rings. The molecule has 2 aromatic heterocycles. The highest BCUT2D eigenvalue weighted by Crippen LogP contribution is 2.63. The zero-order chi connectivity index (χ0) is 82.0. The fourth-order valence-electron chi connectivity index (χ4n) is 22.1. The van der Waals surface area contributed by atoms with E-state index in [9.17, 15) is 0 Å². The summed E-state index contributed by atoms with van der Waals surface area (Å²) in [4.78, 5) is 5.13. The van der Waals surface area contributed by atoms with E-state index in [1.54, 1.807) is 0 Å². The van der Waals surface area contributed by atoms with Gasteiger partial charge in [0.15, 0.2) is 0 Å². The van der Waals surface area contributed by atoms with Crippen LogP contribution >= 0.6 is 0 Å². The topological polar surface area (TPSA) is 16.3 Å². The van der Waals surface area contributed by atoms with Gasteiger partial charge in [0.1, 0.15) is 0 Å². The summed E-state index contributed by atoms with van der Waals surface area (Å²) in [5, 5.41) is 14.5. The van der Waals surface area contributed by atoms with E-state index in [1.807, 2.05) is 0 Å². The van der Waals surface area contributed by atoms with Crippen LogP contribution in [0.25, 0.3) is 165 Å². The van der Waals surface area contributed by atoms with Gasteiger partial charge in [-0.15, -0.1) is 0 Å². The minimum absolute atomic E-state index is 0.666. The quantitative estimate of drug-likeness (QED) is 0.127. The van der Waals surface area contributed by atoms with Gasteiger partial charge in [-0.2, -0.15) is 0 Å². The summed E-state index contributed by atoms with van der Waals surface area (Å²) < 4.78 is 5.15. The lowest BCUT2D eigenvalue weighted by molar-refractivity contribution is 0.748. The molecule has 582 valence electrons. The molecule has 26 rings (SSSR count). The molecule has 0 fully saturated rings. The van der Waals surface area contributed by atoms with Gasteiger partial charge in [0.25, 0.3) is 0 Å². The Hall–Kier alpha value is -16.1. The minimum atomic E-state index is -0.666. The predicted octanol–water partition coefficient (Wildman–Crippen LogP) is 31.9. The Labute approximate surface area is 724 Å². The molecule has 4 nitrogen and oxygen atoms in total. The van der Waals surface area contributed by atoms with Crippen LogP contribution in [0.3, 0.4) is 0 Å². The van der Waals surface area contributed by atoms with Gasteiger partial charge in [-0.05, 0) is 217 Å². The highest BCUT2D eigenvalue weighted by atomic mass is 15.2. The lowest BCUT2D eigenvalue weighted by Gasteiger charge is -2.39. The molecular weight excluding hydrogens is 1510 g/mol. The first-order valence-corrected chi connectivity index (χ1v) is 43.6. The van der Waals surface area contributed by atoms with Crippen molar-refractivity contribution in [1.82, 2.24) is 9.13 Å². The number of aromatic nitrogens is 2. The molecule has 0 radical (unpaired) electrons. The molecule has 0 saturated carbocycles. The molecule has 4 heteroatoms. The standard InChI is InChI=1S/C121H78N4/c1-3-28-77(29-4-1)78-56-58-79(59-57-78)80-60-64-90(65-61-80)122(116-74-85-33-7-11-38-92(85)96-42-14-15-44-98(96)116)91-66-68-107-104(76-91)97-43-16-19-48-106(97)121(107)108-49-20-24-54-114(108)125-113-69-63-83(73-105(113)102-47-27-50-109(121)120(102)125)82-62-67-100-103(72-82)93-39-12-8-34-86(93)75-117(100)123(111-52-22-17-40-94(111)81-30-5-2-6-31-81)115-55-26-36-88-71-89-37-25-46-101-99-45-18-23-53-112(99)124(119(89)101)110-51-21-10-35-87(110)70-84-32-9-13-41-95(84)118(88)115/h1-69,72-76H,70-71H2. The molecule has 23 aromatic rings. The number of para-hydroxylation sites is 6. The first-order valence-electron chi connectivity index (χ1n) is 43.6. The van der Waals surface area contributed by atoms with Gasteiger partial charge in [-0.3, -0.25) is 0 Å². The van der Waals surface area contributed by atoms with E-state index >= 15 is 0 Å². The summed E-state index contributed by atoms with van der Waals surface area (Å²) in [5.41, 5.74) is 37.8. The van der Waals surface area contributed by atoms with Gasteiger partial charge in [0, 0.05) is 73.3 Å². The molecule has 125 heavy (non-hydrogen) atoms. The fourth-order valence-corrected chi connectivity index (χ4v) is 22.1. The van der Waals surface area contributed by atoms with Crippen LogP contribution in [0.4, 0.5) is 34.1 Å². The van der Waals surface area contributed by atoms with Crippen LogP contribution in [-0.2, 0) is 18.3 Å². The Morgan fingerprint density at radius 3 is 1.43 bits per heavy atom. The molecule has 1 spiro atoms. The Balaban J connectivity index is 0.640. The van der Waals surface area contributed by atoms with Crippen molar-refractivity contribution in [2.75, 3.05) is 9.80 Å². The van der Waals surface area contributed by atoms with Gasteiger partial charge >= 0.3 is 0 Å². The van der Waals surface area contributed by atoms with Gasteiger partial charge in [0.2, 0.25) is 0 Å². The molecule has 0 N–H and O–H groups in total. The molecule has 2 aliphatic heterocycles. The summed E-state index contributed by atoms with van der Waals surface area (Å²) in [5.74, 6) is 0. The van der Waals surface area contributed by atoms with E-state index < -0.39 is 5.41 Å². The van der Waals surface area contributed by atoms with E-state index in [-0.39, 0.29) is 0 Å². The van der Waals surface area contributed by atoms with E-state index in [0.29, 0.717) is 6.42 Å². The summed E-state index contributed by atoms with van der Waals surface area (Å²) in [7, 11) is 0. The van der Waals surface area contributed by atoms with Crippen molar-refractivity contribution in [3.8, 4) is 78.1 Å². The number of benzene rings is 21. The molecule has 1 unspecified atom stereocenters. The zero-order valence-electron chi connectivity index (χ0n) is 68.4. The third kappa shape index (κ3) is 10.7. The summed E-state index contributed by atoms with van der Waals surface area (Å²) >= 11 is 0. The second-order valence-corrected chi connectivity index (χ2v) is 34.0. The molecule has 21 aromatic carbocycles. The second-order valence-electron chi connectivity index (χ2n) is 34.0. The predicted molar refractivity (Wildman–Crippen MR) is 525 cm³/mol. The maximum atomic E-state index is 2.62. The number of hydrogen-bond acceptors (Lipinski definition) is 2. The van der Waals surface area contributed by atoms with Gasteiger partial charge in [0.05, 0.1) is 55.9 Å². The normalized spacial score (nSPS) is 13.6. The molecule has 4 heterocycles. The van der Waals surface area contributed by atoms with Gasteiger partial charge < -0.3 is 18.9 Å². The second kappa shape index (κ2) is 28.0. The van der Waals surface area contributed by atoms with Crippen LogP contribution in [0.15, 0.2) is 449 Å². The highest BCUT2D eigenvalue weighted by molar-refractivity contribution is 6.20. The lowest BCUT2D eigenvalue weighted by Crippen LogP contribution is -2.33. The third-order valence-electron chi connectivity index (χ3n) is 27.5. The summed E-state index contributed by atoms with van der Waals surface area (Å²) in [6.07, 6.45) is 1.44. The highest BCUT2D eigenvalue weighted by Gasteiger charge is 2.51. The first kappa shape index (κ1) is 70.7. The van der Waals surface area contributed by atoms with Crippen molar-refractivity contribution in [2.45, 2.75) is 18.3 Å². The average Bonchev–Trinajstić information content (AvgIpc) is 1.50. The smallest absolute Gasteiger partial charge is 0.0754 e. The van der Waals surface area contributed by atoms with Crippen molar-refractivity contribution >= 4 is 121 Å². The third-order valence-corrected chi connectivity index (χ3v) is 27.5. The summed E-state index contributed by atoms with van der Waals surface area (Å²) in [6, 6.07) is 170. The number of rotatable bonds is 10. The van der Waals surface area contributed by atoms with E-state index in [1.165, 1.54) is 182 Å². The minimum Gasteiger partial charge on any atom is -0.310 e. The SMILES string of the molecule is c1ccc(-c2ccc(-c3ccc(N(c4ccc5c(c4)-c4ccccc4C54c5ccccc5-n5c6ccc(-c7ccc8c(N(c9ccccc9-c9ccccc9)c9cccc%10c9-c9ccccc9Cc9ccccc9-n9c%11ccccc%11c%11cccc(c%119)C%10)cc9ccccc9c8c7)cc6c6cccc4c65)c4cc5ccccc5c5ccccc45)cc3)cc2)cc1. The summed E-state index contributed by atoms with van der Waals surface area (Å²) in [6.45, 7) is 0. The average molecular weight is 1590 g/mol. The molecule has 1 aliphatic carbocycles. The van der Waals surface area contributed by atoms with E-state index in [4.69, 9.17) is 0 Å². The number of anilines is 6. The molecule has 0 amide bonds. The first-order chi connectivity index (χ1) is 62.0. The van der Waals surface area contributed by atoms with Crippen molar-refractivity contribution in [2.24, 2.45) is 0 Å². The maximum Gasteiger partial charge on any atom is 0.0754 e. The van der Waals surface area contributed by atoms with Crippen molar-refractivity contribution in [3.63, 3.8) is 0 Å². The van der Waals surface area contributed by atoms with Crippen LogP contribution in [0.1, 0.15) is 44.5 Å². The number of fused-ring (bicyclic) bond motifs is 26. The van der Waals surface area contributed by atoms with Gasteiger partial charge in [-0.1, -0.05) is 364 Å². The Bertz CT molecular complexity index is 8420. The maximum absolute atomic E-state index is 2.62. The molecule has 0 saturated heterocycles. The van der Waals surface area contributed by atoms with Crippen molar-refractivity contribution in [1.29, 1.82) is 0 Å². The van der Waals surface area contributed by atoms with Crippen LogP contribution in [-0.4, -0.2) is 9.13 Å². The van der Waals surface area contributed by atoms with Crippen LogP contribution in [0.5, 0.6) is 0 Å². The molecule has 1 atom stereocenters. The lowest BCUT2D eigenvalue weighted by atomic mass is 9.65. The van der Waals surface area contributed by atoms with E-state index in [2.05, 4.69) is 468 Å². The van der Waals surface area contributed by atoms with E-state index in [0.717, 1.165) is 68.2 Å². The largest absolute Gasteiger partial charge is 0.310 e.